The molecule has 0 unspecified atom stereocenters. The molecule has 3 aromatic heterocycles. The minimum Gasteiger partial charge on any atom is -0.248 e. The van der Waals surface area contributed by atoms with Gasteiger partial charge in [0.15, 0.2) is 0 Å². The van der Waals surface area contributed by atoms with E-state index in [1.165, 1.54) is 46.2 Å². The Bertz CT molecular complexity index is 1320. The number of aromatic nitrogens is 3. The Morgan fingerprint density at radius 3 is 1.86 bits per heavy atom. The van der Waals surface area contributed by atoms with E-state index in [1.807, 2.05) is 42.5 Å². The molecule has 0 aliphatic carbocycles. The Kier molecular flexibility index (Phi) is 10.9. The van der Waals surface area contributed by atoms with Crippen molar-refractivity contribution in [3.05, 3.63) is 82.4 Å². The quantitative estimate of drug-likeness (QED) is 0.103. The van der Waals surface area contributed by atoms with E-state index in [2.05, 4.69) is 32.7 Å². The molecule has 0 aliphatic rings. The summed E-state index contributed by atoms with van der Waals surface area (Å²) in [5, 5.41) is 2.76. The van der Waals surface area contributed by atoms with Crippen LogP contribution in [0.15, 0.2) is 71.9 Å². The van der Waals surface area contributed by atoms with Crippen LogP contribution in [0.25, 0.3) is 20.4 Å². The van der Waals surface area contributed by atoms with E-state index in [4.69, 9.17) is 0 Å². The minimum absolute atomic E-state index is 0.555. The lowest BCUT2D eigenvalue weighted by molar-refractivity contribution is -0.137. The monoisotopic (exact) mass is 635 g/mol. The van der Waals surface area contributed by atoms with E-state index in [1.54, 1.807) is 44.3 Å². The van der Waals surface area contributed by atoms with Crippen LogP contribution in [0.1, 0.15) is 15.6 Å². The molecule has 188 valence electrons. The summed E-state index contributed by atoms with van der Waals surface area (Å²) in [5.74, 6) is 1.69. The minimum atomic E-state index is -4.34. The second-order valence-electron chi connectivity index (χ2n) is 6.78. The third-order valence-electron chi connectivity index (χ3n) is 4.33. The van der Waals surface area contributed by atoms with Gasteiger partial charge in [0.1, 0.15) is 15.0 Å². The molecule has 0 fully saturated rings. The standard InChI is InChI=1S/C14H9F3N2S4.C8H7NS4/c15-14(16,17)9-5-6-12(18-7-9)22-23-20-8-13-19-10-3-1-2-4-11(10)21-13;10-13-11-5-8-9-6-3-1-2-4-7(6)12-8/h1-7H,8H2;1-4,10H,5H2. The van der Waals surface area contributed by atoms with Crippen LogP contribution >= 0.6 is 86.4 Å². The lowest BCUT2D eigenvalue weighted by Crippen LogP contribution is -2.04. The van der Waals surface area contributed by atoms with Crippen LogP contribution in [0.4, 0.5) is 13.2 Å². The second-order valence-corrected chi connectivity index (χ2v) is 16.3. The number of nitrogens with zero attached hydrogens (tertiary/aromatic N) is 3. The predicted octanol–water partition coefficient (Wildman–Crippen LogP) is 10.3. The first-order valence-electron chi connectivity index (χ1n) is 10.0. The summed E-state index contributed by atoms with van der Waals surface area (Å²) in [6, 6.07) is 18.6. The Morgan fingerprint density at radius 2 is 1.36 bits per heavy atom. The van der Waals surface area contributed by atoms with E-state index < -0.39 is 11.7 Å². The van der Waals surface area contributed by atoms with Crippen molar-refractivity contribution in [3.8, 4) is 0 Å². The van der Waals surface area contributed by atoms with Gasteiger partial charge in [0.2, 0.25) is 0 Å². The molecule has 5 rings (SSSR count). The maximum Gasteiger partial charge on any atom is 0.417 e. The lowest BCUT2D eigenvalue weighted by Gasteiger charge is -2.05. The number of alkyl halides is 3. The van der Waals surface area contributed by atoms with Crippen molar-refractivity contribution in [1.82, 2.24) is 15.0 Å². The first kappa shape index (κ1) is 28.3. The zero-order valence-electron chi connectivity index (χ0n) is 18.0. The highest BCUT2D eigenvalue weighted by Crippen LogP contribution is 2.42. The lowest BCUT2D eigenvalue weighted by atomic mass is 10.3. The van der Waals surface area contributed by atoms with E-state index in [9.17, 15) is 13.2 Å². The predicted molar refractivity (Wildman–Crippen MR) is 161 cm³/mol. The van der Waals surface area contributed by atoms with Crippen molar-refractivity contribution in [1.29, 1.82) is 0 Å². The molecular weight excluding hydrogens is 620 g/mol. The summed E-state index contributed by atoms with van der Waals surface area (Å²) < 4.78 is 39.7. The maximum atomic E-state index is 12.4. The summed E-state index contributed by atoms with van der Waals surface area (Å²) in [6.07, 6.45) is -3.48. The van der Waals surface area contributed by atoms with Crippen molar-refractivity contribution >= 4 is 107 Å². The highest BCUT2D eigenvalue weighted by molar-refractivity contribution is 9.09. The van der Waals surface area contributed by atoms with Crippen LogP contribution in [0.5, 0.6) is 0 Å². The molecule has 36 heavy (non-hydrogen) atoms. The first-order chi connectivity index (χ1) is 17.4. The summed E-state index contributed by atoms with van der Waals surface area (Å²) in [5.41, 5.74) is 1.37. The number of thiol groups is 1. The topological polar surface area (TPSA) is 38.7 Å². The molecule has 0 amide bonds. The number of pyridine rings is 1. The van der Waals surface area contributed by atoms with Gasteiger partial charge in [-0.15, -0.1) is 22.7 Å². The average Bonchev–Trinajstić information content (AvgIpc) is 3.49. The summed E-state index contributed by atoms with van der Waals surface area (Å²) in [4.78, 5) is 12.9. The largest absolute Gasteiger partial charge is 0.417 e. The Morgan fingerprint density at radius 1 is 0.778 bits per heavy atom. The van der Waals surface area contributed by atoms with Gasteiger partial charge >= 0.3 is 6.18 Å². The summed E-state index contributed by atoms with van der Waals surface area (Å²) in [6.45, 7) is 0. The number of fused-ring (bicyclic) bond motifs is 2. The van der Waals surface area contributed by atoms with Gasteiger partial charge < -0.3 is 0 Å². The first-order valence-corrected chi connectivity index (χ1v) is 18.7. The molecule has 5 aromatic rings. The molecule has 0 spiro atoms. The summed E-state index contributed by atoms with van der Waals surface area (Å²) in [7, 11) is 7.61. The fraction of sp³-hybridized carbons (Fsp3) is 0.136. The molecule has 0 saturated heterocycles. The van der Waals surface area contributed by atoms with E-state index in [0.29, 0.717) is 5.03 Å². The van der Waals surface area contributed by atoms with Crippen molar-refractivity contribution in [2.45, 2.75) is 22.7 Å². The third kappa shape index (κ3) is 8.38. The van der Waals surface area contributed by atoms with Gasteiger partial charge in [-0.1, -0.05) is 57.5 Å². The van der Waals surface area contributed by atoms with Gasteiger partial charge in [0, 0.05) is 6.20 Å². The molecule has 14 heteroatoms. The third-order valence-corrected chi connectivity index (χ3v) is 12.7. The molecule has 3 heterocycles. The highest BCUT2D eigenvalue weighted by atomic mass is 33.5. The van der Waals surface area contributed by atoms with E-state index in [-0.39, 0.29) is 0 Å². The Labute approximate surface area is 238 Å². The fourth-order valence-electron chi connectivity index (χ4n) is 2.77. The normalized spacial score (nSPS) is 11.6. The van der Waals surface area contributed by atoms with Crippen molar-refractivity contribution in [2.24, 2.45) is 0 Å². The van der Waals surface area contributed by atoms with Crippen molar-refractivity contribution < 1.29 is 13.2 Å². The van der Waals surface area contributed by atoms with Crippen LogP contribution in [0.2, 0.25) is 0 Å². The zero-order chi connectivity index (χ0) is 25.4. The Balaban J connectivity index is 0.000000197. The van der Waals surface area contributed by atoms with Crippen molar-refractivity contribution in [3.63, 3.8) is 0 Å². The molecular formula is C22H16F3N3S8. The van der Waals surface area contributed by atoms with Crippen molar-refractivity contribution in [2.75, 3.05) is 0 Å². The molecule has 3 nitrogen and oxygen atoms in total. The van der Waals surface area contributed by atoms with E-state index >= 15 is 0 Å². The number of para-hydroxylation sites is 2. The average molecular weight is 636 g/mol. The number of benzene rings is 2. The second kappa shape index (κ2) is 13.9. The molecule has 0 atom stereocenters. The van der Waals surface area contributed by atoms with Crippen LogP contribution in [0, 0.1) is 0 Å². The Hall–Kier alpha value is -0.740. The molecule has 0 radical (unpaired) electrons. The number of hydrogen-bond acceptors (Lipinski definition) is 11. The maximum absolute atomic E-state index is 12.4. The number of halogens is 3. The van der Waals surface area contributed by atoms with Gasteiger partial charge in [-0.2, -0.15) is 13.2 Å². The van der Waals surface area contributed by atoms with Gasteiger partial charge in [0.05, 0.1) is 37.5 Å². The highest BCUT2D eigenvalue weighted by Gasteiger charge is 2.30. The van der Waals surface area contributed by atoms with Gasteiger partial charge in [0.25, 0.3) is 0 Å². The number of rotatable bonds is 8. The molecule has 0 bridgehead atoms. The zero-order valence-corrected chi connectivity index (χ0v) is 24.7. The summed E-state index contributed by atoms with van der Waals surface area (Å²) >= 11 is 7.48. The fourth-order valence-corrected chi connectivity index (χ4v) is 9.93. The molecule has 0 aliphatic heterocycles. The van der Waals surface area contributed by atoms with E-state index in [0.717, 1.165) is 44.5 Å². The van der Waals surface area contributed by atoms with Gasteiger partial charge in [-0.3, -0.25) is 0 Å². The van der Waals surface area contributed by atoms with Crippen LogP contribution in [0.3, 0.4) is 0 Å². The number of thiazole rings is 2. The molecule has 0 N–H and O–H groups in total. The van der Waals surface area contributed by atoms with Gasteiger partial charge in [-0.05, 0) is 66.8 Å². The number of hydrogen-bond donors (Lipinski definition) is 1. The van der Waals surface area contributed by atoms with Crippen LogP contribution in [-0.4, -0.2) is 15.0 Å². The van der Waals surface area contributed by atoms with Crippen LogP contribution < -0.4 is 0 Å². The molecule has 0 saturated carbocycles. The van der Waals surface area contributed by atoms with Crippen LogP contribution in [-0.2, 0) is 17.7 Å². The van der Waals surface area contributed by atoms with Gasteiger partial charge in [-0.25, -0.2) is 15.0 Å². The molecule has 2 aromatic carbocycles. The smallest absolute Gasteiger partial charge is 0.248 e. The SMILES string of the molecule is FC(F)(F)c1ccc(SSSCc2nc3ccccc3s2)nc1.SSSCc1nc2ccccc2s1.